The monoisotopic (exact) mass is 435 g/mol. The molecule has 30 heavy (non-hydrogen) atoms. The molecule has 9 heteroatoms. The molecule has 0 aliphatic rings. The van der Waals surface area contributed by atoms with Crippen molar-refractivity contribution in [1.29, 1.82) is 0 Å². The van der Waals surface area contributed by atoms with E-state index >= 15 is 0 Å². The first-order chi connectivity index (χ1) is 14.0. The summed E-state index contributed by atoms with van der Waals surface area (Å²) in [5.41, 5.74) is 1.95. The van der Waals surface area contributed by atoms with Crippen LogP contribution in [0.2, 0.25) is 0 Å². The molecule has 0 heterocycles. The molecule has 2 aromatic rings. The number of hydrogen-bond donors (Lipinski definition) is 1. The van der Waals surface area contributed by atoms with Crippen LogP contribution in [0.3, 0.4) is 0 Å². The second-order valence-electron chi connectivity index (χ2n) is 6.98. The maximum absolute atomic E-state index is 13.3. The van der Waals surface area contributed by atoms with Gasteiger partial charge in [-0.25, -0.2) is 12.8 Å². The minimum Gasteiger partial charge on any atom is -0.357 e. The first-order valence-corrected chi connectivity index (χ1v) is 11.2. The number of hydrogen-bond acceptors (Lipinski definition) is 4. The number of aryl methyl sites for hydroxylation is 1. The molecule has 162 valence electrons. The average molecular weight is 436 g/mol. The van der Waals surface area contributed by atoms with Crippen molar-refractivity contribution in [1.82, 2.24) is 10.2 Å². The van der Waals surface area contributed by atoms with E-state index < -0.39 is 34.3 Å². The van der Waals surface area contributed by atoms with Gasteiger partial charge in [-0.2, -0.15) is 0 Å². The van der Waals surface area contributed by atoms with Crippen molar-refractivity contribution in [3.63, 3.8) is 0 Å². The summed E-state index contributed by atoms with van der Waals surface area (Å²) >= 11 is 0. The Hall–Kier alpha value is -2.94. The lowest BCUT2D eigenvalue weighted by atomic mass is 10.1. The van der Waals surface area contributed by atoms with Crippen molar-refractivity contribution in [3.05, 3.63) is 65.5 Å². The van der Waals surface area contributed by atoms with Crippen LogP contribution in [0.15, 0.2) is 48.5 Å². The third-order valence-corrected chi connectivity index (χ3v) is 5.95. The number of halogens is 1. The fraction of sp³-hybridized carbons (Fsp3) is 0.333. The van der Waals surface area contributed by atoms with Gasteiger partial charge in [0.05, 0.1) is 11.9 Å². The molecular formula is C21H26FN3O4S. The maximum Gasteiger partial charge on any atom is 0.244 e. The number of carbonyl (C=O) groups excluding carboxylic acids is 2. The highest BCUT2D eigenvalue weighted by Gasteiger charge is 2.29. The molecule has 2 aromatic carbocycles. The first-order valence-electron chi connectivity index (χ1n) is 9.33. The number of anilines is 1. The van der Waals surface area contributed by atoms with Crippen LogP contribution in [0.25, 0.3) is 0 Å². The van der Waals surface area contributed by atoms with Crippen LogP contribution in [-0.4, -0.2) is 51.0 Å². The highest BCUT2D eigenvalue weighted by molar-refractivity contribution is 7.92. The lowest BCUT2D eigenvalue weighted by Crippen LogP contribution is -2.50. The lowest BCUT2D eigenvalue weighted by Gasteiger charge is -2.31. The minimum absolute atomic E-state index is 0.140. The molecule has 7 nitrogen and oxygen atoms in total. The van der Waals surface area contributed by atoms with Gasteiger partial charge in [0.1, 0.15) is 18.4 Å². The molecular weight excluding hydrogens is 409 g/mol. The third-order valence-electron chi connectivity index (χ3n) is 4.81. The summed E-state index contributed by atoms with van der Waals surface area (Å²) in [6.45, 7) is 3.10. The Morgan fingerprint density at radius 2 is 1.70 bits per heavy atom. The van der Waals surface area contributed by atoms with E-state index in [1.165, 1.54) is 24.1 Å². The summed E-state index contributed by atoms with van der Waals surface area (Å²) in [4.78, 5) is 26.8. The Balaban J connectivity index is 2.38. The van der Waals surface area contributed by atoms with Gasteiger partial charge in [-0.1, -0.05) is 24.3 Å². The van der Waals surface area contributed by atoms with E-state index in [0.717, 1.165) is 33.8 Å². The van der Waals surface area contributed by atoms with Gasteiger partial charge in [0, 0.05) is 13.6 Å². The first kappa shape index (κ1) is 23.3. The van der Waals surface area contributed by atoms with Gasteiger partial charge in [0.25, 0.3) is 0 Å². The smallest absolute Gasteiger partial charge is 0.244 e. The third kappa shape index (κ3) is 5.79. The van der Waals surface area contributed by atoms with Gasteiger partial charge in [-0.15, -0.1) is 0 Å². The number of benzene rings is 2. The molecule has 2 rings (SSSR count). The number of carbonyl (C=O) groups is 2. The maximum atomic E-state index is 13.3. The number of likely N-dealkylation sites (N-methyl/N-ethyl adjacent to an activating group) is 1. The largest absolute Gasteiger partial charge is 0.357 e. The summed E-state index contributed by atoms with van der Waals surface area (Å²) in [6, 6.07) is 11.4. The van der Waals surface area contributed by atoms with Crippen molar-refractivity contribution >= 4 is 27.5 Å². The van der Waals surface area contributed by atoms with E-state index in [9.17, 15) is 22.4 Å². The Morgan fingerprint density at radius 3 is 2.23 bits per heavy atom. The molecule has 0 aliphatic carbocycles. The number of sulfonamides is 1. The molecule has 0 aliphatic heterocycles. The summed E-state index contributed by atoms with van der Waals surface area (Å²) < 4.78 is 38.8. The SMILES string of the molecule is CNC(=O)[C@@H](C)N(Cc1ccccc1C)C(=O)CN(c1ccc(F)cc1)S(C)(=O)=O. The van der Waals surface area contributed by atoms with E-state index in [1.807, 2.05) is 31.2 Å². The lowest BCUT2D eigenvalue weighted by molar-refractivity contribution is -0.139. The van der Waals surface area contributed by atoms with Crippen LogP contribution in [0, 0.1) is 12.7 Å². The average Bonchev–Trinajstić information content (AvgIpc) is 2.70. The molecule has 0 spiro atoms. The number of rotatable bonds is 8. The van der Waals surface area contributed by atoms with E-state index in [2.05, 4.69) is 5.32 Å². The summed E-state index contributed by atoms with van der Waals surface area (Å²) in [5, 5.41) is 2.52. The van der Waals surface area contributed by atoms with E-state index in [-0.39, 0.29) is 18.1 Å². The quantitative estimate of drug-likeness (QED) is 0.688. The van der Waals surface area contributed by atoms with Crippen LogP contribution in [0.5, 0.6) is 0 Å². The predicted octanol–water partition coefficient (Wildman–Crippen LogP) is 2.06. The number of amides is 2. The molecule has 0 saturated carbocycles. The zero-order valence-electron chi connectivity index (χ0n) is 17.4. The van der Waals surface area contributed by atoms with Gasteiger partial charge >= 0.3 is 0 Å². The van der Waals surface area contributed by atoms with Gasteiger partial charge in [-0.05, 0) is 49.2 Å². The molecule has 0 fully saturated rings. The molecule has 0 unspecified atom stereocenters. The summed E-state index contributed by atoms with van der Waals surface area (Å²) in [5.74, 6) is -1.44. The Kier molecular flexibility index (Phi) is 7.55. The van der Waals surface area contributed by atoms with Crippen molar-refractivity contribution in [3.8, 4) is 0 Å². The zero-order chi connectivity index (χ0) is 22.5. The Labute approximate surface area is 176 Å². The van der Waals surface area contributed by atoms with Crippen molar-refractivity contribution in [2.75, 3.05) is 24.2 Å². The molecule has 1 atom stereocenters. The van der Waals surface area contributed by atoms with Crippen molar-refractivity contribution in [2.24, 2.45) is 0 Å². The van der Waals surface area contributed by atoms with Crippen molar-refractivity contribution in [2.45, 2.75) is 26.4 Å². The summed E-state index contributed by atoms with van der Waals surface area (Å²) in [6.07, 6.45) is 0.970. The molecule has 0 bridgehead atoms. The van der Waals surface area contributed by atoms with Gasteiger partial charge in [0.2, 0.25) is 21.8 Å². The molecule has 0 aromatic heterocycles. The van der Waals surface area contributed by atoms with Crippen molar-refractivity contribution < 1.29 is 22.4 Å². The molecule has 2 amide bonds. The fourth-order valence-corrected chi connectivity index (χ4v) is 3.83. The Bertz CT molecular complexity index is 1010. The topological polar surface area (TPSA) is 86.8 Å². The second kappa shape index (κ2) is 9.71. The van der Waals surface area contributed by atoms with E-state index in [1.54, 1.807) is 6.92 Å². The predicted molar refractivity (Wildman–Crippen MR) is 114 cm³/mol. The highest BCUT2D eigenvalue weighted by Crippen LogP contribution is 2.20. The Morgan fingerprint density at radius 1 is 1.10 bits per heavy atom. The minimum atomic E-state index is -3.83. The second-order valence-corrected chi connectivity index (χ2v) is 8.89. The van der Waals surface area contributed by atoms with Crippen LogP contribution < -0.4 is 9.62 Å². The van der Waals surface area contributed by atoms with Crippen LogP contribution in [-0.2, 0) is 26.2 Å². The number of nitrogens with one attached hydrogen (secondary N) is 1. The zero-order valence-corrected chi connectivity index (χ0v) is 18.2. The van der Waals surface area contributed by atoms with E-state index in [0.29, 0.717) is 0 Å². The fourth-order valence-electron chi connectivity index (χ4n) is 2.98. The van der Waals surface area contributed by atoms with Crippen LogP contribution >= 0.6 is 0 Å². The van der Waals surface area contributed by atoms with Crippen LogP contribution in [0.1, 0.15) is 18.1 Å². The van der Waals surface area contributed by atoms with E-state index in [4.69, 9.17) is 0 Å². The molecule has 1 N–H and O–H groups in total. The number of nitrogens with zero attached hydrogens (tertiary/aromatic N) is 2. The standard InChI is InChI=1S/C21H26FN3O4S/c1-15-7-5-6-8-17(15)13-24(16(2)21(27)23-3)20(26)14-25(30(4,28)29)19-11-9-18(22)10-12-19/h5-12,16H,13-14H2,1-4H3,(H,23,27)/t16-/m1/s1. The highest BCUT2D eigenvalue weighted by atomic mass is 32.2. The molecule has 0 saturated heterocycles. The summed E-state index contributed by atoms with van der Waals surface area (Å²) in [7, 11) is -2.36. The van der Waals surface area contributed by atoms with Gasteiger partial charge in [-0.3, -0.25) is 13.9 Å². The normalized spacial score (nSPS) is 12.2. The van der Waals surface area contributed by atoms with Gasteiger partial charge in [0.15, 0.2) is 0 Å². The van der Waals surface area contributed by atoms with Gasteiger partial charge < -0.3 is 10.2 Å². The molecule has 0 radical (unpaired) electrons. The van der Waals surface area contributed by atoms with Crippen LogP contribution in [0.4, 0.5) is 10.1 Å².